The second-order valence-corrected chi connectivity index (χ2v) is 5.75. The first-order valence-electron chi connectivity index (χ1n) is 5.64. The van der Waals surface area contributed by atoms with Gasteiger partial charge in [-0.05, 0) is 30.3 Å². The third kappa shape index (κ3) is 4.30. The van der Waals surface area contributed by atoms with E-state index in [0.717, 1.165) is 4.90 Å². The van der Waals surface area contributed by atoms with Gasteiger partial charge in [0.25, 0.3) is 0 Å². The summed E-state index contributed by atoms with van der Waals surface area (Å²) in [7, 11) is 0. The highest BCUT2D eigenvalue weighted by molar-refractivity contribution is 8.00. The molecule has 0 unspecified atom stereocenters. The number of pyridine rings is 1. The summed E-state index contributed by atoms with van der Waals surface area (Å²) < 4.78 is 0. The summed E-state index contributed by atoms with van der Waals surface area (Å²) in [5.74, 6) is 0.589. The molecule has 7 heteroatoms. The van der Waals surface area contributed by atoms with Gasteiger partial charge in [0.15, 0.2) is 0 Å². The Morgan fingerprint density at radius 2 is 2.05 bits per heavy atom. The van der Waals surface area contributed by atoms with Gasteiger partial charge in [-0.2, -0.15) is 0 Å². The lowest BCUT2D eigenvalue weighted by atomic mass is 10.3. The van der Waals surface area contributed by atoms with Crippen LogP contribution in [0.2, 0.25) is 10.0 Å². The fraction of sp³-hybridized carbons (Fsp3) is 0.0769. The van der Waals surface area contributed by atoms with Gasteiger partial charge in [0.1, 0.15) is 5.82 Å². The first kappa shape index (κ1) is 15.0. The topological polar surface area (TPSA) is 68.0 Å². The van der Waals surface area contributed by atoms with Crippen molar-refractivity contribution < 1.29 is 4.79 Å². The summed E-state index contributed by atoms with van der Waals surface area (Å²) in [6.07, 6.45) is 1.63. The molecule has 0 bridgehead atoms. The number of anilines is 2. The van der Waals surface area contributed by atoms with Crippen molar-refractivity contribution in [1.29, 1.82) is 0 Å². The minimum atomic E-state index is -0.134. The van der Waals surface area contributed by atoms with E-state index in [1.807, 2.05) is 6.07 Å². The first-order valence-corrected chi connectivity index (χ1v) is 7.38. The average molecular weight is 328 g/mol. The SMILES string of the molecule is Nc1ccc(SCC(=O)Nc2ccc(Cl)c(Cl)c2)cn1. The van der Waals surface area contributed by atoms with Gasteiger partial charge < -0.3 is 11.1 Å². The van der Waals surface area contributed by atoms with Gasteiger partial charge in [-0.1, -0.05) is 23.2 Å². The molecule has 0 aliphatic heterocycles. The summed E-state index contributed by atoms with van der Waals surface area (Å²) in [5.41, 5.74) is 6.10. The molecule has 0 radical (unpaired) electrons. The second-order valence-electron chi connectivity index (χ2n) is 3.88. The van der Waals surface area contributed by atoms with Gasteiger partial charge in [0.2, 0.25) is 5.91 Å². The number of rotatable bonds is 4. The van der Waals surface area contributed by atoms with Crippen molar-refractivity contribution >= 4 is 52.4 Å². The zero-order valence-electron chi connectivity index (χ0n) is 10.3. The van der Waals surface area contributed by atoms with E-state index in [4.69, 9.17) is 28.9 Å². The van der Waals surface area contributed by atoms with Crippen molar-refractivity contribution in [3.8, 4) is 0 Å². The zero-order chi connectivity index (χ0) is 14.5. The van der Waals surface area contributed by atoms with Crippen LogP contribution in [0, 0.1) is 0 Å². The first-order chi connectivity index (χ1) is 9.54. The van der Waals surface area contributed by atoms with E-state index in [1.165, 1.54) is 11.8 Å². The predicted octanol–water partition coefficient (Wildman–Crippen LogP) is 3.70. The Kier molecular flexibility index (Phi) is 5.11. The van der Waals surface area contributed by atoms with Gasteiger partial charge in [-0.15, -0.1) is 11.8 Å². The van der Waals surface area contributed by atoms with Crippen molar-refractivity contribution in [1.82, 2.24) is 4.98 Å². The van der Waals surface area contributed by atoms with Crippen LogP contribution in [0.15, 0.2) is 41.4 Å². The number of benzene rings is 1. The fourth-order valence-electron chi connectivity index (χ4n) is 1.40. The van der Waals surface area contributed by atoms with Crippen LogP contribution in [-0.4, -0.2) is 16.6 Å². The molecule has 4 nitrogen and oxygen atoms in total. The van der Waals surface area contributed by atoms with Crippen LogP contribution in [0.4, 0.5) is 11.5 Å². The van der Waals surface area contributed by atoms with Gasteiger partial charge in [-0.25, -0.2) is 4.98 Å². The van der Waals surface area contributed by atoms with Gasteiger partial charge in [0, 0.05) is 16.8 Å². The number of hydrogen-bond acceptors (Lipinski definition) is 4. The fourth-order valence-corrected chi connectivity index (χ4v) is 2.36. The van der Waals surface area contributed by atoms with Crippen LogP contribution in [0.25, 0.3) is 0 Å². The Morgan fingerprint density at radius 3 is 2.70 bits per heavy atom. The van der Waals surface area contributed by atoms with Gasteiger partial charge in [-0.3, -0.25) is 4.79 Å². The molecule has 1 amide bonds. The third-order valence-corrected chi connectivity index (χ3v) is 4.05. The van der Waals surface area contributed by atoms with Gasteiger partial charge in [0.05, 0.1) is 15.8 Å². The Hall–Kier alpha value is -1.43. The lowest BCUT2D eigenvalue weighted by Crippen LogP contribution is -2.13. The number of nitrogen functional groups attached to an aromatic ring is 1. The van der Waals surface area contributed by atoms with Crippen LogP contribution in [0.1, 0.15) is 0 Å². The lowest BCUT2D eigenvalue weighted by Gasteiger charge is -2.06. The predicted molar refractivity (Wildman–Crippen MR) is 84.5 cm³/mol. The number of aromatic nitrogens is 1. The Balaban J connectivity index is 1.89. The molecular weight excluding hydrogens is 317 g/mol. The van der Waals surface area contributed by atoms with E-state index in [9.17, 15) is 4.79 Å². The van der Waals surface area contributed by atoms with E-state index < -0.39 is 0 Å². The molecule has 20 heavy (non-hydrogen) atoms. The number of nitrogens with zero attached hydrogens (tertiary/aromatic N) is 1. The Labute approximate surface area is 130 Å². The van der Waals surface area contributed by atoms with Crippen molar-refractivity contribution in [2.45, 2.75) is 4.90 Å². The Bertz CT molecular complexity index is 620. The van der Waals surface area contributed by atoms with Crippen LogP contribution < -0.4 is 11.1 Å². The number of thioether (sulfide) groups is 1. The molecule has 2 aromatic rings. The molecule has 1 aromatic heterocycles. The molecule has 1 heterocycles. The molecule has 0 spiro atoms. The third-order valence-electron chi connectivity index (χ3n) is 2.33. The quantitative estimate of drug-likeness (QED) is 0.840. The van der Waals surface area contributed by atoms with Crippen LogP contribution in [-0.2, 0) is 4.79 Å². The van der Waals surface area contributed by atoms with Crippen molar-refractivity contribution in [3.63, 3.8) is 0 Å². The van der Waals surface area contributed by atoms with E-state index in [1.54, 1.807) is 30.5 Å². The molecule has 0 saturated heterocycles. The average Bonchev–Trinajstić information content (AvgIpc) is 2.42. The molecule has 2 rings (SSSR count). The number of halogens is 2. The number of nitrogens with one attached hydrogen (secondary N) is 1. The molecule has 0 fully saturated rings. The number of carbonyl (C=O) groups excluding carboxylic acids is 1. The monoisotopic (exact) mass is 327 g/mol. The standard InChI is InChI=1S/C13H11Cl2N3OS/c14-10-3-1-8(5-11(10)15)18-13(19)7-20-9-2-4-12(16)17-6-9/h1-6H,7H2,(H2,16,17)(H,18,19). The van der Waals surface area contributed by atoms with Crippen molar-refractivity contribution in [3.05, 3.63) is 46.6 Å². The summed E-state index contributed by atoms with van der Waals surface area (Å²) in [6.45, 7) is 0. The molecule has 0 aliphatic rings. The lowest BCUT2D eigenvalue weighted by molar-refractivity contribution is -0.113. The van der Waals surface area contributed by atoms with E-state index >= 15 is 0 Å². The summed E-state index contributed by atoms with van der Waals surface area (Å²) in [5, 5.41) is 3.60. The molecule has 3 N–H and O–H groups in total. The molecule has 104 valence electrons. The van der Waals surface area contributed by atoms with Crippen LogP contribution in [0.5, 0.6) is 0 Å². The number of nitrogens with two attached hydrogens (primary N) is 1. The molecule has 0 aliphatic carbocycles. The maximum absolute atomic E-state index is 11.8. The molecular formula is C13H11Cl2N3OS. The van der Waals surface area contributed by atoms with Gasteiger partial charge >= 0.3 is 0 Å². The smallest absolute Gasteiger partial charge is 0.234 e. The van der Waals surface area contributed by atoms with E-state index in [2.05, 4.69) is 10.3 Å². The van der Waals surface area contributed by atoms with Crippen molar-refractivity contribution in [2.75, 3.05) is 16.8 Å². The highest BCUT2D eigenvalue weighted by Gasteiger charge is 2.06. The molecule has 1 aromatic carbocycles. The summed E-state index contributed by atoms with van der Waals surface area (Å²) in [4.78, 5) is 16.6. The van der Waals surface area contributed by atoms with Crippen LogP contribution in [0.3, 0.4) is 0 Å². The molecule has 0 atom stereocenters. The van der Waals surface area contributed by atoms with E-state index in [0.29, 0.717) is 21.6 Å². The minimum Gasteiger partial charge on any atom is -0.384 e. The normalized spacial score (nSPS) is 10.3. The second kappa shape index (κ2) is 6.83. The van der Waals surface area contributed by atoms with E-state index in [-0.39, 0.29) is 11.7 Å². The number of hydrogen-bond donors (Lipinski definition) is 2. The summed E-state index contributed by atoms with van der Waals surface area (Å²) in [6, 6.07) is 8.45. The zero-order valence-corrected chi connectivity index (χ0v) is 12.6. The van der Waals surface area contributed by atoms with Crippen molar-refractivity contribution in [2.24, 2.45) is 0 Å². The highest BCUT2D eigenvalue weighted by Crippen LogP contribution is 2.25. The highest BCUT2D eigenvalue weighted by atomic mass is 35.5. The Morgan fingerprint density at radius 1 is 1.25 bits per heavy atom. The number of carbonyl (C=O) groups is 1. The summed E-state index contributed by atoms with van der Waals surface area (Å²) >= 11 is 13.1. The largest absolute Gasteiger partial charge is 0.384 e. The maximum Gasteiger partial charge on any atom is 0.234 e. The number of amides is 1. The minimum absolute atomic E-state index is 0.134. The van der Waals surface area contributed by atoms with Crippen LogP contribution >= 0.6 is 35.0 Å². The maximum atomic E-state index is 11.8. The molecule has 0 saturated carbocycles.